The summed E-state index contributed by atoms with van der Waals surface area (Å²) in [5.41, 5.74) is 2.96. The molecule has 0 saturated carbocycles. The lowest BCUT2D eigenvalue weighted by Gasteiger charge is -2.26. The molecule has 0 spiro atoms. The molecule has 1 unspecified atom stereocenters. The van der Waals surface area contributed by atoms with Crippen molar-refractivity contribution in [3.8, 4) is 0 Å². The summed E-state index contributed by atoms with van der Waals surface area (Å²) in [5, 5.41) is 3.62. The van der Waals surface area contributed by atoms with Crippen molar-refractivity contribution in [3.63, 3.8) is 0 Å². The van der Waals surface area contributed by atoms with Crippen molar-refractivity contribution >= 4 is 0 Å². The zero-order valence-corrected chi connectivity index (χ0v) is 13.2. The van der Waals surface area contributed by atoms with Gasteiger partial charge in [-0.3, -0.25) is 0 Å². The minimum atomic E-state index is 0.766. The lowest BCUT2D eigenvalue weighted by atomic mass is 9.82. The second-order valence-electron chi connectivity index (χ2n) is 5.67. The number of hydrogen-bond acceptors (Lipinski definition) is 1. The van der Waals surface area contributed by atoms with Crippen molar-refractivity contribution in [1.29, 1.82) is 0 Å². The first kappa shape index (κ1) is 16.2. The zero-order valence-electron chi connectivity index (χ0n) is 13.2. The van der Waals surface area contributed by atoms with Gasteiger partial charge in [-0.2, -0.15) is 0 Å². The van der Waals surface area contributed by atoms with Crippen LogP contribution in [0.25, 0.3) is 0 Å². The van der Waals surface area contributed by atoms with E-state index in [9.17, 15) is 0 Å². The summed E-state index contributed by atoms with van der Waals surface area (Å²) < 4.78 is 0. The van der Waals surface area contributed by atoms with Gasteiger partial charge in [-0.05, 0) is 55.8 Å². The topological polar surface area (TPSA) is 12.0 Å². The van der Waals surface area contributed by atoms with Crippen LogP contribution in [0.3, 0.4) is 0 Å². The largest absolute Gasteiger partial charge is 0.316 e. The standard InChI is InChI=1S/C18H31N/c1-5-12-19-14-18(16(6-2)7-3)13-17-11-9-8-10-15(17)4/h8-11,16,18-19H,5-7,12-14H2,1-4H3. The third-order valence-corrected chi connectivity index (χ3v) is 4.29. The van der Waals surface area contributed by atoms with E-state index in [1.165, 1.54) is 36.8 Å². The van der Waals surface area contributed by atoms with E-state index in [0.29, 0.717) is 0 Å². The highest BCUT2D eigenvalue weighted by atomic mass is 14.9. The smallest absolute Gasteiger partial charge is 0.00147 e. The number of rotatable bonds is 9. The van der Waals surface area contributed by atoms with Crippen molar-refractivity contribution in [2.24, 2.45) is 11.8 Å². The van der Waals surface area contributed by atoms with Gasteiger partial charge in [0, 0.05) is 0 Å². The lowest BCUT2D eigenvalue weighted by molar-refractivity contribution is 0.298. The molecule has 0 heterocycles. The molecular formula is C18H31N. The van der Waals surface area contributed by atoms with Crippen LogP contribution in [-0.4, -0.2) is 13.1 Å². The molecule has 1 nitrogen and oxygen atoms in total. The van der Waals surface area contributed by atoms with Crippen molar-refractivity contribution in [3.05, 3.63) is 35.4 Å². The maximum atomic E-state index is 3.62. The van der Waals surface area contributed by atoms with Gasteiger partial charge in [0.25, 0.3) is 0 Å². The van der Waals surface area contributed by atoms with E-state index in [4.69, 9.17) is 0 Å². The first-order valence-corrected chi connectivity index (χ1v) is 7.98. The Hall–Kier alpha value is -0.820. The van der Waals surface area contributed by atoms with Gasteiger partial charge in [0.1, 0.15) is 0 Å². The predicted octanol–water partition coefficient (Wildman–Crippen LogP) is 4.59. The number of hydrogen-bond donors (Lipinski definition) is 1. The van der Waals surface area contributed by atoms with Crippen LogP contribution in [0.5, 0.6) is 0 Å². The van der Waals surface area contributed by atoms with Crippen LogP contribution in [0.4, 0.5) is 0 Å². The first-order chi connectivity index (χ1) is 9.22. The molecule has 1 heteroatoms. The molecule has 0 saturated heterocycles. The summed E-state index contributed by atoms with van der Waals surface area (Å²) in [4.78, 5) is 0. The molecule has 0 radical (unpaired) electrons. The monoisotopic (exact) mass is 261 g/mol. The summed E-state index contributed by atoms with van der Waals surface area (Å²) in [6, 6.07) is 8.84. The number of aryl methyl sites for hydroxylation is 1. The number of nitrogens with one attached hydrogen (secondary N) is 1. The average Bonchev–Trinajstić information content (AvgIpc) is 2.42. The van der Waals surface area contributed by atoms with E-state index < -0.39 is 0 Å². The summed E-state index contributed by atoms with van der Waals surface area (Å²) >= 11 is 0. The van der Waals surface area contributed by atoms with Gasteiger partial charge in [0.15, 0.2) is 0 Å². The van der Waals surface area contributed by atoms with Crippen LogP contribution >= 0.6 is 0 Å². The Bertz CT molecular complexity index is 341. The molecule has 0 bridgehead atoms. The van der Waals surface area contributed by atoms with Gasteiger partial charge >= 0.3 is 0 Å². The van der Waals surface area contributed by atoms with Gasteiger partial charge < -0.3 is 5.32 Å². The van der Waals surface area contributed by atoms with Crippen molar-refractivity contribution in [2.75, 3.05) is 13.1 Å². The zero-order chi connectivity index (χ0) is 14.1. The predicted molar refractivity (Wildman–Crippen MR) is 85.6 cm³/mol. The third-order valence-electron chi connectivity index (χ3n) is 4.29. The highest BCUT2D eigenvalue weighted by Crippen LogP contribution is 2.24. The molecular weight excluding hydrogens is 230 g/mol. The molecule has 0 aliphatic rings. The molecule has 1 aromatic carbocycles. The fourth-order valence-electron chi connectivity index (χ4n) is 2.95. The van der Waals surface area contributed by atoms with Crippen molar-refractivity contribution in [1.82, 2.24) is 5.32 Å². The molecule has 19 heavy (non-hydrogen) atoms. The van der Waals surface area contributed by atoms with E-state index in [1.807, 2.05) is 0 Å². The fourth-order valence-corrected chi connectivity index (χ4v) is 2.95. The van der Waals surface area contributed by atoms with E-state index in [-0.39, 0.29) is 0 Å². The third kappa shape index (κ3) is 5.36. The summed E-state index contributed by atoms with van der Waals surface area (Å²) in [6.07, 6.45) is 5.03. The minimum Gasteiger partial charge on any atom is -0.316 e. The summed E-state index contributed by atoms with van der Waals surface area (Å²) in [7, 11) is 0. The molecule has 0 amide bonds. The van der Waals surface area contributed by atoms with Crippen LogP contribution in [0.1, 0.15) is 51.2 Å². The second-order valence-corrected chi connectivity index (χ2v) is 5.67. The van der Waals surface area contributed by atoms with E-state index in [0.717, 1.165) is 24.9 Å². The molecule has 0 fully saturated rings. The van der Waals surface area contributed by atoms with E-state index in [1.54, 1.807) is 0 Å². The van der Waals surface area contributed by atoms with E-state index >= 15 is 0 Å². The Morgan fingerprint density at radius 2 is 1.68 bits per heavy atom. The Kier molecular flexibility index (Phi) is 7.81. The molecule has 1 aromatic rings. The van der Waals surface area contributed by atoms with Gasteiger partial charge in [0.2, 0.25) is 0 Å². The lowest BCUT2D eigenvalue weighted by Crippen LogP contribution is -2.30. The Morgan fingerprint density at radius 3 is 2.26 bits per heavy atom. The van der Waals surface area contributed by atoms with Crippen molar-refractivity contribution < 1.29 is 0 Å². The average molecular weight is 261 g/mol. The Morgan fingerprint density at radius 1 is 1.00 bits per heavy atom. The second kappa shape index (κ2) is 9.14. The maximum Gasteiger partial charge on any atom is -0.00147 e. The molecule has 108 valence electrons. The fraction of sp³-hybridized carbons (Fsp3) is 0.667. The molecule has 1 rings (SSSR count). The first-order valence-electron chi connectivity index (χ1n) is 7.98. The molecule has 1 N–H and O–H groups in total. The normalized spacial score (nSPS) is 12.9. The highest BCUT2D eigenvalue weighted by Gasteiger charge is 2.19. The summed E-state index contributed by atoms with van der Waals surface area (Å²) in [6.45, 7) is 11.4. The van der Waals surface area contributed by atoms with Crippen LogP contribution in [0.2, 0.25) is 0 Å². The van der Waals surface area contributed by atoms with Gasteiger partial charge in [-0.25, -0.2) is 0 Å². The van der Waals surface area contributed by atoms with Crippen LogP contribution in [-0.2, 0) is 6.42 Å². The quantitative estimate of drug-likeness (QED) is 0.641. The van der Waals surface area contributed by atoms with Crippen LogP contribution in [0, 0.1) is 18.8 Å². The SMILES string of the molecule is CCCNCC(Cc1ccccc1C)C(CC)CC. The molecule has 0 aliphatic carbocycles. The Labute approximate surface area is 119 Å². The van der Waals surface area contributed by atoms with Gasteiger partial charge in [-0.15, -0.1) is 0 Å². The number of benzene rings is 1. The highest BCUT2D eigenvalue weighted by molar-refractivity contribution is 5.26. The molecule has 0 aliphatic heterocycles. The van der Waals surface area contributed by atoms with Crippen LogP contribution < -0.4 is 5.32 Å². The molecule has 0 aromatic heterocycles. The summed E-state index contributed by atoms with van der Waals surface area (Å²) in [5.74, 6) is 1.60. The van der Waals surface area contributed by atoms with Crippen LogP contribution in [0.15, 0.2) is 24.3 Å². The van der Waals surface area contributed by atoms with E-state index in [2.05, 4.69) is 57.3 Å². The van der Waals surface area contributed by atoms with Crippen molar-refractivity contribution in [2.45, 2.75) is 53.4 Å². The molecule has 1 atom stereocenters. The minimum absolute atomic E-state index is 0.766. The van der Waals surface area contributed by atoms with Gasteiger partial charge in [-0.1, -0.05) is 57.9 Å². The Balaban J connectivity index is 2.70. The van der Waals surface area contributed by atoms with Gasteiger partial charge in [0.05, 0.1) is 0 Å². The maximum absolute atomic E-state index is 3.62.